The van der Waals surface area contributed by atoms with Gasteiger partial charge in [0.1, 0.15) is 0 Å². The number of fused-ring (bicyclic) bond motifs is 1. The lowest BCUT2D eigenvalue weighted by atomic mass is 9.84. The van der Waals surface area contributed by atoms with Gasteiger partial charge in [0.25, 0.3) is 0 Å². The van der Waals surface area contributed by atoms with Crippen molar-refractivity contribution in [1.29, 1.82) is 0 Å². The van der Waals surface area contributed by atoms with E-state index in [-0.39, 0.29) is 11.8 Å². The summed E-state index contributed by atoms with van der Waals surface area (Å²) in [6.07, 6.45) is 7.24. The first-order valence-corrected chi connectivity index (χ1v) is 15.8. The minimum Gasteiger partial charge on any atom is -0.481 e. The minimum absolute atomic E-state index is 0.135. The van der Waals surface area contributed by atoms with E-state index in [1.165, 1.54) is 11.1 Å². The summed E-state index contributed by atoms with van der Waals surface area (Å²) in [5.41, 5.74) is 6.40. The van der Waals surface area contributed by atoms with Crippen LogP contribution < -0.4 is 0 Å². The summed E-state index contributed by atoms with van der Waals surface area (Å²) >= 11 is 7.92. The number of halogens is 1. The molecular weight excluding hydrogens is 550 g/mol. The first-order chi connectivity index (χ1) is 19.9. The quantitative estimate of drug-likeness (QED) is 0.154. The number of pyridine rings is 1. The van der Waals surface area contributed by atoms with E-state index >= 15 is 0 Å². The van der Waals surface area contributed by atoms with Gasteiger partial charge >= 0.3 is 5.97 Å². The van der Waals surface area contributed by atoms with Gasteiger partial charge in [-0.2, -0.15) is 11.8 Å². The number of carboxylic acids is 1. The number of aliphatic hydroxyl groups excluding tert-OH is 1. The van der Waals surface area contributed by atoms with Crippen LogP contribution in [0.4, 0.5) is 0 Å². The van der Waals surface area contributed by atoms with Crippen molar-refractivity contribution in [3.63, 3.8) is 0 Å². The molecule has 4 nitrogen and oxygen atoms in total. The molecule has 2 unspecified atom stereocenters. The molecule has 0 spiro atoms. The molecule has 1 heterocycles. The lowest BCUT2D eigenvalue weighted by Crippen LogP contribution is -2.18. The van der Waals surface area contributed by atoms with Crippen molar-refractivity contribution < 1.29 is 15.0 Å². The molecule has 1 aliphatic carbocycles. The van der Waals surface area contributed by atoms with Crippen LogP contribution in [-0.4, -0.2) is 38.8 Å². The van der Waals surface area contributed by atoms with Gasteiger partial charge in [0.2, 0.25) is 0 Å². The Balaban J connectivity index is 1.38. The summed E-state index contributed by atoms with van der Waals surface area (Å²) in [6, 6.07) is 26.8. The number of aromatic nitrogens is 1. The Morgan fingerprint density at radius 1 is 1.05 bits per heavy atom. The van der Waals surface area contributed by atoms with Gasteiger partial charge in [-0.05, 0) is 90.8 Å². The van der Waals surface area contributed by atoms with Gasteiger partial charge in [-0.25, -0.2) is 4.98 Å². The third-order valence-electron chi connectivity index (χ3n) is 7.74. The fraction of sp³-hybridized carbons (Fsp3) is 0.314. The van der Waals surface area contributed by atoms with Gasteiger partial charge < -0.3 is 10.2 Å². The zero-order chi connectivity index (χ0) is 28.8. The molecule has 5 rings (SSSR count). The maximum absolute atomic E-state index is 11.7. The molecule has 2 N–H and O–H groups in total. The number of carbonyl (C=O) groups is 1. The molecule has 3 atom stereocenters. The normalized spacial score (nSPS) is 15.7. The summed E-state index contributed by atoms with van der Waals surface area (Å²) in [7, 11) is 0. The van der Waals surface area contributed by atoms with Crippen molar-refractivity contribution in [2.24, 2.45) is 11.8 Å². The van der Waals surface area contributed by atoms with Crippen molar-refractivity contribution in [3.05, 3.63) is 112 Å². The highest BCUT2D eigenvalue weighted by atomic mass is 35.5. The summed E-state index contributed by atoms with van der Waals surface area (Å²) in [4.78, 5) is 16.5. The van der Waals surface area contributed by atoms with Crippen LogP contribution in [-0.2, 0) is 11.2 Å². The molecule has 0 bridgehead atoms. The largest absolute Gasteiger partial charge is 0.481 e. The number of aliphatic carboxylic acids is 1. The van der Waals surface area contributed by atoms with Crippen LogP contribution in [0.25, 0.3) is 23.1 Å². The standard InChI is InChI=1S/C35H36ClNO3S/c1-23(38)19-27-6-2-3-8-31(27)32(17-18-41-22-33(35(39)40)25-10-11-25)28-7-4-5-24(20-28)9-15-30-16-13-26-12-14-29(36)21-34(26)37-30/h2-9,12-16,20-21,23,25,32-33,38H,10-11,17-19,22H2,1H3,(H,39,40)/t23?,32-,33?/m1/s1. The Bertz CT molecular complexity index is 1530. The third kappa shape index (κ3) is 8.00. The van der Waals surface area contributed by atoms with Crippen LogP contribution in [0.1, 0.15) is 60.1 Å². The fourth-order valence-electron chi connectivity index (χ4n) is 5.46. The summed E-state index contributed by atoms with van der Waals surface area (Å²) in [6.45, 7) is 1.83. The second-order valence-electron chi connectivity index (χ2n) is 11.0. The third-order valence-corrected chi connectivity index (χ3v) is 9.09. The highest BCUT2D eigenvalue weighted by Gasteiger charge is 2.35. The van der Waals surface area contributed by atoms with E-state index in [4.69, 9.17) is 16.6 Å². The van der Waals surface area contributed by atoms with Crippen LogP contribution in [0.2, 0.25) is 5.02 Å². The molecule has 1 fully saturated rings. The molecule has 1 aromatic heterocycles. The zero-order valence-corrected chi connectivity index (χ0v) is 24.8. The average Bonchev–Trinajstić information content (AvgIpc) is 3.79. The number of aliphatic hydroxyl groups is 1. The first kappa shape index (κ1) is 29.4. The molecule has 41 heavy (non-hydrogen) atoms. The van der Waals surface area contributed by atoms with Gasteiger partial charge in [-0.3, -0.25) is 4.79 Å². The van der Waals surface area contributed by atoms with Crippen molar-refractivity contribution in [1.82, 2.24) is 4.98 Å². The molecule has 0 amide bonds. The fourth-order valence-corrected chi connectivity index (χ4v) is 6.86. The van der Waals surface area contributed by atoms with Crippen molar-refractivity contribution in [2.45, 2.75) is 44.6 Å². The number of rotatable bonds is 13. The van der Waals surface area contributed by atoms with Gasteiger partial charge in [0, 0.05) is 22.1 Å². The molecule has 212 valence electrons. The molecule has 1 aliphatic rings. The molecular formula is C35H36ClNO3S. The SMILES string of the molecule is CC(O)Cc1ccccc1[C@H](CCSCC(C(=O)O)C1CC1)c1cccc(C=Cc2ccc3ccc(Cl)cc3n2)c1. The molecule has 3 aromatic carbocycles. The lowest BCUT2D eigenvalue weighted by Gasteiger charge is -2.23. The van der Waals surface area contributed by atoms with Crippen molar-refractivity contribution in [2.75, 3.05) is 11.5 Å². The number of hydrogen-bond donors (Lipinski definition) is 2. The molecule has 1 saturated carbocycles. The number of hydrogen-bond acceptors (Lipinski definition) is 4. The Morgan fingerprint density at radius 3 is 2.63 bits per heavy atom. The number of carboxylic acid groups (broad SMARTS) is 1. The maximum Gasteiger partial charge on any atom is 0.307 e. The Kier molecular flexibility index (Phi) is 9.81. The van der Waals surface area contributed by atoms with E-state index < -0.39 is 12.1 Å². The van der Waals surface area contributed by atoms with Crippen LogP contribution in [0, 0.1) is 11.8 Å². The van der Waals surface area contributed by atoms with Crippen LogP contribution in [0.3, 0.4) is 0 Å². The number of benzene rings is 3. The van der Waals surface area contributed by atoms with Gasteiger partial charge in [-0.15, -0.1) is 0 Å². The van der Waals surface area contributed by atoms with E-state index in [9.17, 15) is 15.0 Å². The molecule has 6 heteroatoms. The number of nitrogens with zero attached hydrogens (tertiary/aromatic N) is 1. The molecule has 0 aliphatic heterocycles. The highest BCUT2D eigenvalue weighted by Crippen LogP contribution is 2.39. The molecule has 0 saturated heterocycles. The zero-order valence-electron chi connectivity index (χ0n) is 23.2. The predicted octanol–water partition coefficient (Wildman–Crippen LogP) is 8.35. The second kappa shape index (κ2) is 13.7. The molecule has 4 aromatic rings. The Labute approximate surface area is 251 Å². The van der Waals surface area contributed by atoms with Crippen molar-refractivity contribution in [3.8, 4) is 0 Å². The van der Waals surface area contributed by atoms with Crippen LogP contribution >= 0.6 is 23.4 Å². The summed E-state index contributed by atoms with van der Waals surface area (Å²) < 4.78 is 0. The summed E-state index contributed by atoms with van der Waals surface area (Å²) in [5, 5.41) is 21.6. The Hall–Kier alpha value is -3.12. The smallest absolute Gasteiger partial charge is 0.307 e. The van der Waals surface area contributed by atoms with E-state index in [1.807, 2.05) is 43.3 Å². The molecule has 0 radical (unpaired) electrons. The van der Waals surface area contributed by atoms with E-state index in [1.54, 1.807) is 11.8 Å². The second-order valence-corrected chi connectivity index (χ2v) is 12.6. The van der Waals surface area contributed by atoms with Crippen molar-refractivity contribution >= 4 is 52.4 Å². The topological polar surface area (TPSA) is 70.4 Å². The van der Waals surface area contributed by atoms with E-state index in [2.05, 4.69) is 54.6 Å². The van der Waals surface area contributed by atoms with Crippen LogP contribution in [0.15, 0.2) is 78.9 Å². The highest BCUT2D eigenvalue weighted by molar-refractivity contribution is 7.99. The summed E-state index contributed by atoms with van der Waals surface area (Å²) in [5.74, 6) is 1.11. The maximum atomic E-state index is 11.7. The first-order valence-electron chi connectivity index (χ1n) is 14.3. The number of thioether (sulfide) groups is 1. The average molecular weight is 586 g/mol. The monoisotopic (exact) mass is 585 g/mol. The van der Waals surface area contributed by atoms with Gasteiger partial charge in [0.05, 0.1) is 23.2 Å². The van der Waals surface area contributed by atoms with E-state index in [0.717, 1.165) is 52.7 Å². The Morgan fingerprint density at radius 2 is 1.85 bits per heavy atom. The van der Waals surface area contributed by atoms with E-state index in [0.29, 0.717) is 23.1 Å². The van der Waals surface area contributed by atoms with Gasteiger partial charge in [-0.1, -0.05) is 78.3 Å². The van der Waals surface area contributed by atoms with Crippen LogP contribution in [0.5, 0.6) is 0 Å². The minimum atomic E-state index is -0.665. The lowest BCUT2D eigenvalue weighted by molar-refractivity contribution is -0.141. The predicted molar refractivity (Wildman–Crippen MR) is 172 cm³/mol. The van der Waals surface area contributed by atoms with Gasteiger partial charge in [0.15, 0.2) is 0 Å².